The van der Waals surface area contributed by atoms with E-state index >= 15 is 0 Å². The third-order valence-electron chi connectivity index (χ3n) is 4.49. The first-order valence-corrected chi connectivity index (χ1v) is 10.6. The molecule has 0 aromatic heterocycles. The average Bonchev–Trinajstić information content (AvgIpc) is 2.74. The van der Waals surface area contributed by atoms with Crippen LogP contribution in [0, 0.1) is 0 Å². The fraction of sp³-hybridized carbons (Fsp3) is 0.250. The summed E-state index contributed by atoms with van der Waals surface area (Å²) < 4.78 is 31.1. The van der Waals surface area contributed by atoms with Gasteiger partial charge in [-0.05, 0) is 30.3 Å². The van der Waals surface area contributed by atoms with Gasteiger partial charge in [-0.3, -0.25) is 9.59 Å². The summed E-state index contributed by atoms with van der Waals surface area (Å²) in [6.07, 6.45) is 0.305. The van der Waals surface area contributed by atoms with E-state index in [0.29, 0.717) is 11.4 Å². The van der Waals surface area contributed by atoms with E-state index < -0.39 is 15.9 Å². The van der Waals surface area contributed by atoms with Crippen LogP contribution in [0.5, 0.6) is 5.75 Å². The van der Waals surface area contributed by atoms with E-state index in [9.17, 15) is 18.0 Å². The van der Waals surface area contributed by atoms with Crippen LogP contribution in [-0.2, 0) is 19.6 Å². The van der Waals surface area contributed by atoms with Crippen molar-refractivity contribution in [3.8, 4) is 5.75 Å². The molecule has 1 aliphatic rings. The van der Waals surface area contributed by atoms with Gasteiger partial charge in [0.15, 0.2) is 0 Å². The molecule has 0 radical (unpaired) electrons. The Labute approximate surface area is 175 Å². The lowest BCUT2D eigenvalue weighted by Crippen LogP contribution is -2.36. The second kappa shape index (κ2) is 8.64. The van der Waals surface area contributed by atoms with Gasteiger partial charge in [0, 0.05) is 26.9 Å². The Bertz CT molecular complexity index is 1100. The van der Waals surface area contributed by atoms with Crippen LogP contribution in [0.25, 0.3) is 0 Å². The molecule has 0 fully saturated rings. The monoisotopic (exact) mass is 430 g/mol. The van der Waals surface area contributed by atoms with E-state index in [1.165, 1.54) is 44.4 Å². The lowest BCUT2D eigenvalue weighted by Gasteiger charge is -2.23. The highest BCUT2D eigenvalue weighted by molar-refractivity contribution is 7.89. The standard InChI is InChI=1S/C20H22N4O5S/c1-23(2)30(27,28)15-9-11-18(29-3)17(13-15)21-20(26)16-10-12-19(25)24(22-16)14-7-5-4-6-8-14/h4-9,11,13H,10,12H2,1-3H3,(H,21,26). The van der Waals surface area contributed by atoms with Crippen molar-refractivity contribution in [2.24, 2.45) is 5.10 Å². The number of hydrazone groups is 1. The van der Waals surface area contributed by atoms with Crippen molar-refractivity contribution in [3.05, 3.63) is 48.5 Å². The second-order valence-corrected chi connectivity index (χ2v) is 8.84. The number of carbonyl (C=O) groups excluding carboxylic acids is 2. The average molecular weight is 430 g/mol. The Morgan fingerprint density at radius 3 is 2.47 bits per heavy atom. The second-order valence-electron chi connectivity index (χ2n) is 6.69. The highest BCUT2D eigenvalue weighted by Crippen LogP contribution is 2.29. The number of benzene rings is 2. The summed E-state index contributed by atoms with van der Waals surface area (Å²) in [4.78, 5) is 25.1. The van der Waals surface area contributed by atoms with E-state index in [4.69, 9.17) is 4.74 Å². The molecule has 158 valence electrons. The summed E-state index contributed by atoms with van der Waals surface area (Å²) in [5, 5.41) is 8.06. The number of sulfonamides is 1. The number of hydrogen-bond donors (Lipinski definition) is 1. The van der Waals surface area contributed by atoms with Gasteiger partial charge in [0.1, 0.15) is 11.5 Å². The molecule has 0 saturated carbocycles. The molecule has 0 aliphatic carbocycles. The molecule has 3 rings (SSSR count). The number of amides is 2. The lowest BCUT2D eigenvalue weighted by molar-refractivity contribution is -0.118. The Morgan fingerprint density at radius 1 is 1.13 bits per heavy atom. The molecule has 2 aromatic rings. The topological polar surface area (TPSA) is 108 Å². The first-order valence-electron chi connectivity index (χ1n) is 9.11. The first kappa shape index (κ1) is 21.5. The summed E-state index contributed by atoms with van der Waals surface area (Å²) in [5.74, 6) is -0.455. The zero-order valence-electron chi connectivity index (χ0n) is 16.8. The van der Waals surface area contributed by atoms with Gasteiger partial charge in [0.25, 0.3) is 5.91 Å². The van der Waals surface area contributed by atoms with Crippen molar-refractivity contribution in [1.82, 2.24) is 4.31 Å². The van der Waals surface area contributed by atoms with Crippen LogP contribution in [-0.4, -0.2) is 51.5 Å². The predicted molar refractivity (Wildman–Crippen MR) is 113 cm³/mol. The van der Waals surface area contributed by atoms with E-state index in [0.717, 1.165) is 4.31 Å². The Morgan fingerprint density at radius 2 is 1.83 bits per heavy atom. The minimum absolute atomic E-state index is 0.00951. The Hall–Kier alpha value is -3.24. The normalized spacial score (nSPS) is 14.5. The zero-order valence-corrected chi connectivity index (χ0v) is 17.6. The van der Waals surface area contributed by atoms with Gasteiger partial charge in [-0.15, -0.1) is 0 Å². The maximum absolute atomic E-state index is 12.8. The first-order chi connectivity index (χ1) is 14.2. The highest BCUT2D eigenvalue weighted by Gasteiger charge is 2.27. The minimum atomic E-state index is -3.69. The fourth-order valence-electron chi connectivity index (χ4n) is 2.84. The van der Waals surface area contributed by atoms with Crippen LogP contribution in [0.2, 0.25) is 0 Å². The summed E-state index contributed by atoms with van der Waals surface area (Å²) in [7, 11) is 0.563. The van der Waals surface area contributed by atoms with Crippen LogP contribution in [0.4, 0.5) is 11.4 Å². The fourth-order valence-corrected chi connectivity index (χ4v) is 3.77. The lowest BCUT2D eigenvalue weighted by atomic mass is 10.1. The van der Waals surface area contributed by atoms with Crippen LogP contribution >= 0.6 is 0 Å². The number of nitrogens with zero attached hydrogens (tertiary/aromatic N) is 3. The molecule has 1 aliphatic heterocycles. The number of para-hydroxylation sites is 1. The van der Waals surface area contributed by atoms with E-state index in [-0.39, 0.29) is 35.0 Å². The van der Waals surface area contributed by atoms with Gasteiger partial charge in [-0.2, -0.15) is 5.10 Å². The summed E-state index contributed by atoms with van der Waals surface area (Å²) >= 11 is 0. The summed E-state index contributed by atoms with van der Waals surface area (Å²) in [6, 6.07) is 13.0. The molecule has 1 N–H and O–H groups in total. The van der Waals surface area contributed by atoms with Crippen LogP contribution in [0.3, 0.4) is 0 Å². The van der Waals surface area contributed by atoms with Crippen LogP contribution in [0.1, 0.15) is 12.8 Å². The maximum Gasteiger partial charge on any atom is 0.271 e. The summed E-state index contributed by atoms with van der Waals surface area (Å²) in [6.45, 7) is 0. The maximum atomic E-state index is 12.8. The van der Waals surface area contributed by atoms with E-state index in [1.807, 2.05) is 6.07 Å². The van der Waals surface area contributed by atoms with Crippen molar-refractivity contribution in [2.75, 3.05) is 31.5 Å². The zero-order chi connectivity index (χ0) is 21.9. The number of nitrogens with one attached hydrogen (secondary N) is 1. The largest absolute Gasteiger partial charge is 0.495 e. The van der Waals surface area contributed by atoms with E-state index in [2.05, 4.69) is 10.4 Å². The van der Waals surface area contributed by atoms with Gasteiger partial charge in [0.2, 0.25) is 15.9 Å². The molecule has 9 nitrogen and oxygen atoms in total. The Balaban J connectivity index is 1.91. The predicted octanol–water partition coefficient (Wildman–Crippen LogP) is 2.07. The number of hydrogen-bond acceptors (Lipinski definition) is 6. The van der Waals surface area contributed by atoms with Crippen molar-refractivity contribution < 1.29 is 22.7 Å². The molecule has 0 bridgehead atoms. The molecule has 2 aromatic carbocycles. The molecule has 0 spiro atoms. The van der Waals surface area contributed by atoms with Gasteiger partial charge in [-0.1, -0.05) is 18.2 Å². The van der Waals surface area contributed by atoms with Gasteiger partial charge >= 0.3 is 0 Å². The third-order valence-corrected chi connectivity index (χ3v) is 6.30. The molecule has 1 heterocycles. The van der Waals surface area contributed by atoms with E-state index in [1.54, 1.807) is 24.3 Å². The quantitative estimate of drug-likeness (QED) is 0.755. The Kier molecular flexibility index (Phi) is 6.18. The van der Waals surface area contributed by atoms with Gasteiger partial charge in [0.05, 0.1) is 23.4 Å². The molecular weight excluding hydrogens is 408 g/mol. The molecule has 2 amide bonds. The number of rotatable bonds is 6. The minimum Gasteiger partial charge on any atom is -0.495 e. The van der Waals surface area contributed by atoms with Crippen molar-refractivity contribution in [2.45, 2.75) is 17.7 Å². The number of anilines is 2. The molecule has 30 heavy (non-hydrogen) atoms. The highest BCUT2D eigenvalue weighted by atomic mass is 32.2. The third kappa shape index (κ3) is 4.34. The number of carbonyl (C=O) groups is 2. The molecule has 0 unspecified atom stereocenters. The molecule has 10 heteroatoms. The van der Waals surface area contributed by atoms with Crippen LogP contribution in [0.15, 0.2) is 58.5 Å². The summed E-state index contributed by atoms with van der Waals surface area (Å²) in [5.41, 5.74) is 0.904. The smallest absolute Gasteiger partial charge is 0.271 e. The molecular formula is C20H22N4O5S. The molecule has 0 atom stereocenters. The van der Waals surface area contributed by atoms with Gasteiger partial charge in [-0.25, -0.2) is 17.7 Å². The van der Waals surface area contributed by atoms with Crippen LogP contribution < -0.4 is 15.1 Å². The molecule has 0 saturated heterocycles. The van der Waals surface area contributed by atoms with Gasteiger partial charge < -0.3 is 10.1 Å². The number of methoxy groups -OCH3 is 1. The van der Waals surface area contributed by atoms with Crippen molar-refractivity contribution in [3.63, 3.8) is 0 Å². The van der Waals surface area contributed by atoms with Crippen molar-refractivity contribution >= 4 is 38.9 Å². The van der Waals surface area contributed by atoms with Crippen molar-refractivity contribution in [1.29, 1.82) is 0 Å². The number of ether oxygens (including phenoxy) is 1. The SMILES string of the molecule is COc1ccc(S(=O)(=O)N(C)C)cc1NC(=O)C1=NN(c2ccccc2)C(=O)CC1.